The summed E-state index contributed by atoms with van der Waals surface area (Å²) in [5.74, 6) is 0.180. The molecule has 1 unspecified atom stereocenters. The average molecular weight is 255 g/mol. The highest BCUT2D eigenvalue weighted by atomic mass is 16.2. The number of hydrogen-bond acceptors (Lipinski definition) is 3. The highest BCUT2D eigenvalue weighted by Gasteiger charge is 2.20. The molecule has 1 atom stereocenters. The highest BCUT2D eigenvalue weighted by Crippen LogP contribution is 2.09. The third-order valence-corrected chi connectivity index (χ3v) is 3.41. The Labute approximate surface area is 111 Å². The third-order valence-electron chi connectivity index (χ3n) is 3.41. The summed E-state index contributed by atoms with van der Waals surface area (Å²) < 4.78 is 0. The summed E-state index contributed by atoms with van der Waals surface area (Å²) in [5.41, 5.74) is 0. The van der Waals surface area contributed by atoms with Gasteiger partial charge in [-0.3, -0.25) is 9.69 Å². The smallest absolute Gasteiger partial charge is 0.234 e. The Morgan fingerprint density at radius 1 is 1.28 bits per heavy atom. The van der Waals surface area contributed by atoms with Crippen molar-refractivity contribution in [1.82, 2.24) is 15.5 Å². The van der Waals surface area contributed by atoms with Gasteiger partial charge >= 0.3 is 0 Å². The van der Waals surface area contributed by atoms with Crippen molar-refractivity contribution in [2.75, 3.05) is 32.7 Å². The van der Waals surface area contributed by atoms with Crippen LogP contribution in [0.4, 0.5) is 0 Å². The van der Waals surface area contributed by atoms with E-state index in [1.54, 1.807) is 0 Å². The molecule has 0 saturated carbocycles. The molecule has 4 heteroatoms. The number of carbonyl (C=O) groups is 1. The zero-order valence-electron chi connectivity index (χ0n) is 12.0. The Hall–Kier alpha value is -0.610. The molecule has 1 saturated heterocycles. The summed E-state index contributed by atoms with van der Waals surface area (Å²) in [6, 6.07) is 0.571. The van der Waals surface area contributed by atoms with Gasteiger partial charge in [-0.2, -0.15) is 0 Å². The molecule has 0 aliphatic carbocycles. The maximum absolute atomic E-state index is 11.7. The number of piperidine rings is 1. The summed E-state index contributed by atoms with van der Waals surface area (Å²) in [7, 11) is 0. The van der Waals surface area contributed by atoms with Crippen molar-refractivity contribution < 1.29 is 4.79 Å². The molecule has 2 N–H and O–H groups in total. The first kappa shape index (κ1) is 15.4. The van der Waals surface area contributed by atoms with Crippen LogP contribution in [0.3, 0.4) is 0 Å². The molecule has 0 bridgehead atoms. The van der Waals surface area contributed by atoms with Gasteiger partial charge in [0.2, 0.25) is 5.91 Å². The van der Waals surface area contributed by atoms with Crippen LogP contribution in [0.2, 0.25) is 0 Å². The normalized spacial score (nSPS) is 20.9. The lowest BCUT2D eigenvalue weighted by molar-refractivity contribution is -0.122. The van der Waals surface area contributed by atoms with Gasteiger partial charge in [-0.05, 0) is 38.8 Å². The standard InChI is InChI=1S/C14H29N3O/c1-3-5-9-16-14(18)12-17-10-6-7-13(11-17)15-8-4-2/h13,15H,3-12H2,1-2H3,(H,16,18). The minimum Gasteiger partial charge on any atom is -0.355 e. The molecule has 0 radical (unpaired) electrons. The fraction of sp³-hybridized carbons (Fsp3) is 0.929. The number of hydrogen-bond donors (Lipinski definition) is 2. The summed E-state index contributed by atoms with van der Waals surface area (Å²) >= 11 is 0. The van der Waals surface area contributed by atoms with E-state index in [9.17, 15) is 4.79 Å². The van der Waals surface area contributed by atoms with Crippen molar-refractivity contribution in [3.05, 3.63) is 0 Å². The predicted molar refractivity (Wildman–Crippen MR) is 75.7 cm³/mol. The zero-order chi connectivity index (χ0) is 13.2. The number of rotatable bonds is 8. The molecule has 0 aromatic carbocycles. The van der Waals surface area contributed by atoms with Crippen LogP contribution in [0.1, 0.15) is 46.0 Å². The second-order valence-corrected chi connectivity index (χ2v) is 5.23. The van der Waals surface area contributed by atoms with Gasteiger partial charge in [0.1, 0.15) is 0 Å². The van der Waals surface area contributed by atoms with Crippen molar-refractivity contribution in [3.63, 3.8) is 0 Å². The number of unbranched alkanes of at least 4 members (excludes halogenated alkanes) is 1. The summed E-state index contributed by atoms with van der Waals surface area (Å²) in [5, 5.41) is 6.54. The van der Waals surface area contributed by atoms with Gasteiger partial charge in [0.15, 0.2) is 0 Å². The Morgan fingerprint density at radius 3 is 2.83 bits per heavy atom. The second-order valence-electron chi connectivity index (χ2n) is 5.23. The molecule has 1 aliphatic heterocycles. The molecular weight excluding hydrogens is 226 g/mol. The van der Waals surface area contributed by atoms with Crippen molar-refractivity contribution in [2.24, 2.45) is 0 Å². The maximum atomic E-state index is 11.7. The van der Waals surface area contributed by atoms with Crippen LogP contribution in [-0.2, 0) is 4.79 Å². The van der Waals surface area contributed by atoms with Crippen molar-refractivity contribution >= 4 is 5.91 Å². The Morgan fingerprint density at radius 2 is 2.11 bits per heavy atom. The summed E-state index contributed by atoms with van der Waals surface area (Å²) in [6.45, 7) is 8.87. The van der Waals surface area contributed by atoms with Crippen LogP contribution in [0, 0.1) is 0 Å². The Kier molecular flexibility index (Phi) is 8.01. The van der Waals surface area contributed by atoms with Crippen LogP contribution in [0.25, 0.3) is 0 Å². The fourth-order valence-electron chi connectivity index (χ4n) is 2.38. The molecule has 18 heavy (non-hydrogen) atoms. The van der Waals surface area contributed by atoms with Gasteiger partial charge in [0.05, 0.1) is 6.54 Å². The van der Waals surface area contributed by atoms with E-state index in [1.807, 2.05) is 0 Å². The van der Waals surface area contributed by atoms with E-state index >= 15 is 0 Å². The van der Waals surface area contributed by atoms with Crippen LogP contribution in [-0.4, -0.2) is 49.6 Å². The SMILES string of the molecule is CCCCNC(=O)CN1CCCC(NCCC)C1. The van der Waals surface area contributed by atoms with E-state index in [0.717, 1.165) is 39.0 Å². The molecule has 106 valence electrons. The lowest BCUT2D eigenvalue weighted by Crippen LogP contribution is -2.49. The first-order chi connectivity index (χ1) is 8.76. The molecule has 0 spiro atoms. The van der Waals surface area contributed by atoms with E-state index in [4.69, 9.17) is 0 Å². The van der Waals surface area contributed by atoms with Gasteiger partial charge in [-0.25, -0.2) is 0 Å². The van der Waals surface area contributed by atoms with Crippen molar-refractivity contribution in [2.45, 2.75) is 52.0 Å². The first-order valence-electron chi connectivity index (χ1n) is 7.48. The molecule has 1 aliphatic rings. The van der Waals surface area contributed by atoms with Crippen molar-refractivity contribution in [3.8, 4) is 0 Å². The van der Waals surface area contributed by atoms with Crippen LogP contribution < -0.4 is 10.6 Å². The molecule has 1 fully saturated rings. The summed E-state index contributed by atoms with van der Waals surface area (Å²) in [4.78, 5) is 14.0. The highest BCUT2D eigenvalue weighted by molar-refractivity contribution is 5.77. The maximum Gasteiger partial charge on any atom is 0.234 e. The topological polar surface area (TPSA) is 44.4 Å². The number of nitrogens with zero attached hydrogens (tertiary/aromatic N) is 1. The number of nitrogens with one attached hydrogen (secondary N) is 2. The van der Waals surface area contributed by atoms with Gasteiger partial charge < -0.3 is 10.6 Å². The molecule has 1 rings (SSSR count). The molecular formula is C14H29N3O. The zero-order valence-corrected chi connectivity index (χ0v) is 12.0. The van der Waals surface area contributed by atoms with Crippen LogP contribution in [0.5, 0.6) is 0 Å². The lowest BCUT2D eigenvalue weighted by Gasteiger charge is -2.32. The number of carbonyl (C=O) groups excluding carboxylic acids is 1. The average Bonchev–Trinajstić information content (AvgIpc) is 2.37. The fourth-order valence-corrected chi connectivity index (χ4v) is 2.38. The lowest BCUT2D eigenvalue weighted by atomic mass is 10.1. The van der Waals surface area contributed by atoms with Crippen LogP contribution in [0.15, 0.2) is 0 Å². The molecule has 4 nitrogen and oxygen atoms in total. The Balaban J connectivity index is 2.18. The number of amides is 1. The monoisotopic (exact) mass is 255 g/mol. The van der Waals surface area contributed by atoms with E-state index < -0.39 is 0 Å². The van der Waals surface area contributed by atoms with E-state index in [1.165, 1.54) is 19.3 Å². The summed E-state index contributed by atoms with van der Waals surface area (Å²) in [6.07, 6.45) is 5.82. The minimum atomic E-state index is 0.180. The Bertz CT molecular complexity index is 233. The van der Waals surface area contributed by atoms with Gasteiger partial charge in [0, 0.05) is 19.1 Å². The number of likely N-dealkylation sites (tertiary alicyclic amines) is 1. The largest absolute Gasteiger partial charge is 0.355 e. The van der Waals surface area contributed by atoms with Crippen LogP contribution >= 0.6 is 0 Å². The predicted octanol–water partition coefficient (Wildman–Crippen LogP) is 1.37. The van der Waals surface area contributed by atoms with Gasteiger partial charge in [-0.1, -0.05) is 20.3 Å². The van der Waals surface area contributed by atoms with Crippen molar-refractivity contribution in [1.29, 1.82) is 0 Å². The minimum absolute atomic E-state index is 0.180. The van der Waals surface area contributed by atoms with E-state index in [-0.39, 0.29) is 5.91 Å². The first-order valence-corrected chi connectivity index (χ1v) is 7.48. The third kappa shape index (κ3) is 6.36. The second kappa shape index (κ2) is 9.34. The molecule has 0 aromatic heterocycles. The molecule has 1 amide bonds. The van der Waals surface area contributed by atoms with E-state index in [2.05, 4.69) is 29.4 Å². The molecule has 1 heterocycles. The van der Waals surface area contributed by atoms with Gasteiger partial charge in [-0.15, -0.1) is 0 Å². The van der Waals surface area contributed by atoms with Gasteiger partial charge in [0.25, 0.3) is 0 Å². The quantitative estimate of drug-likeness (QED) is 0.644. The molecule has 0 aromatic rings. The van der Waals surface area contributed by atoms with E-state index in [0.29, 0.717) is 12.6 Å².